The van der Waals surface area contributed by atoms with Gasteiger partial charge < -0.3 is 20.1 Å². The minimum atomic E-state index is -0.459. The number of hydrogen-bond donors (Lipinski definition) is 2. The Morgan fingerprint density at radius 3 is 2.74 bits per heavy atom. The zero-order valence-corrected chi connectivity index (χ0v) is 13.1. The van der Waals surface area contributed by atoms with Gasteiger partial charge in [-0.2, -0.15) is 4.98 Å². The molecule has 23 heavy (non-hydrogen) atoms. The summed E-state index contributed by atoms with van der Waals surface area (Å²) < 4.78 is 5.34. The molecule has 0 unspecified atom stereocenters. The van der Waals surface area contributed by atoms with Crippen LogP contribution in [0.1, 0.15) is 5.56 Å². The van der Waals surface area contributed by atoms with Crippen molar-refractivity contribution in [3.63, 3.8) is 0 Å². The lowest BCUT2D eigenvalue weighted by Crippen LogP contribution is -2.37. The Morgan fingerprint density at radius 2 is 1.96 bits per heavy atom. The number of benzene rings is 1. The molecule has 1 aliphatic rings. The first-order valence-corrected chi connectivity index (χ1v) is 7.93. The highest BCUT2D eigenvalue weighted by Gasteiger charge is 2.14. The predicted molar refractivity (Wildman–Crippen MR) is 89.7 cm³/mol. The average molecular weight is 314 g/mol. The highest BCUT2D eigenvalue weighted by atomic mass is 16.5. The molecule has 1 saturated heterocycles. The summed E-state index contributed by atoms with van der Waals surface area (Å²) in [5.74, 6) is 1.43. The van der Waals surface area contributed by atoms with E-state index in [-0.39, 0.29) is 0 Å². The Labute approximate surface area is 136 Å². The van der Waals surface area contributed by atoms with E-state index in [1.54, 1.807) is 6.20 Å². The maximum Gasteiger partial charge on any atom is 0.227 e. The van der Waals surface area contributed by atoms with Gasteiger partial charge in [0, 0.05) is 32.3 Å². The Hall–Kier alpha value is -2.18. The van der Waals surface area contributed by atoms with E-state index in [0.29, 0.717) is 32.1 Å². The molecule has 0 bridgehead atoms. The smallest absolute Gasteiger partial charge is 0.227 e. The summed E-state index contributed by atoms with van der Waals surface area (Å²) in [5.41, 5.74) is 1.12. The third-order valence-corrected chi connectivity index (χ3v) is 3.77. The number of aromatic nitrogens is 2. The molecule has 1 aliphatic heterocycles. The number of ether oxygens (including phenoxy) is 1. The van der Waals surface area contributed by atoms with Crippen LogP contribution in [-0.4, -0.2) is 54.0 Å². The van der Waals surface area contributed by atoms with Crippen LogP contribution >= 0.6 is 0 Å². The first kappa shape index (κ1) is 15.7. The Morgan fingerprint density at radius 1 is 1.17 bits per heavy atom. The van der Waals surface area contributed by atoms with E-state index in [1.165, 1.54) is 0 Å². The number of rotatable bonds is 6. The minimum absolute atomic E-state index is 0.453. The van der Waals surface area contributed by atoms with Gasteiger partial charge in [0.05, 0.1) is 19.3 Å². The summed E-state index contributed by atoms with van der Waals surface area (Å²) in [7, 11) is 0. The lowest BCUT2D eigenvalue weighted by atomic mass is 10.1. The highest BCUT2D eigenvalue weighted by Crippen LogP contribution is 2.12. The van der Waals surface area contributed by atoms with E-state index in [0.717, 1.165) is 24.5 Å². The van der Waals surface area contributed by atoms with Crippen molar-refractivity contribution in [1.29, 1.82) is 0 Å². The quantitative estimate of drug-likeness (QED) is 0.838. The first-order chi connectivity index (χ1) is 11.3. The largest absolute Gasteiger partial charge is 0.391 e. The van der Waals surface area contributed by atoms with Gasteiger partial charge in [0.2, 0.25) is 5.95 Å². The molecule has 1 aromatic carbocycles. The maximum atomic E-state index is 10.1. The number of aliphatic hydroxyl groups is 1. The van der Waals surface area contributed by atoms with Crippen molar-refractivity contribution in [1.82, 2.24) is 9.97 Å². The molecule has 0 radical (unpaired) electrons. The fraction of sp³-hybridized carbons (Fsp3) is 0.412. The second kappa shape index (κ2) is 7.89. The predicted octanol–water partition coefficient (Wildman–Crippen LogP) is 1.33. The molecule has 2 aromatic rings. The van der Waals surface area contributed by atoms with E-state index in [9.17, 15) is 5.11 Å². The third kappa shape index (κ3) is 4.64. The van der Waals surface area contributed by atoms with Gasteiger partial charge in [-0.3, -0.25) is 0 Å². The molecule has 6 nitrogen and oxygen atoms in total. The third-order valence-electron chi connectivity index (χ3n) is 3.77. The van der Waals surface area contributed by atoms with Crippen molar-refractivity contribution in [2.75, 3.05) is 43.1 Å². The molecule has 0 spiro atoms. The van der Waals surface area contributed by atoms with E-state index in [1.807, 2.05) is 36.4 Å². The molecule has 0 saturated carbocycles. The number of morpholine rings is 1. The number of nitrogens with one attached hydrogen (secondary N) is 1. The molecule has 0 amide bonds. The number of anilines is 2. The highest BCUT2D eigenvalue weighted by molar-refractivity contribution is 5.41. The number of aliphatic hydroxyl groups excluding tert-OH is 1. The van der Waals surface area contributed by atoms with Gasteiger partial charge in [0.25, 0.3) is 0 Å². The van der Waals surface area contributed by atoms with Gasteiger partial charge in [0.1, 0.15) is 5.82 Å². The summed E-state index contributed by atoms with van der Waals surface area (Å²) >= 11 is 0. The summed E-state index contributed by atoms with van der Waals surface area (Å²) in [6.45, 7) is 3.47. The summed E-state index contributed by atoms with van der Waals surface area (Å²) in [4.78, 5) is 10.9. The second-order valence-electron chi connectivity index (χ2n) is 5.57. The Kier molecular flexibility index (Phi) is 5.39. The molecule has 0 aliphatic carbocycles. The van der Waals surface area contributed by atoms with E-state index >= 15 is 0 Å². The Balaban J connectivity index is 1.53. The monoisotopic (exact) mass is 314 g/mol. The maximum absolute atomic E-state index is 10.1. The van der Waals surface area contributed by atoms with Crippen LogP contribution in [-0.2, 0) is 11.2 Å². The van der Waals surface area contributed by atoms with Crippen molar-refractivity contribution in [3.05, 3.63) is 48.2 Å². The van der Waals surface area contributed by atoms with Crippen molar-refractivity contribution < 1.29 is 9.84 Å². The molecule has 1 aromatic heterocycles. The molecule has 2 N–H and O–H groups in total. The van der Waals surface area contributed by atoms with Crippen LogP contribution in [0, 0.1) is 0 Å². The standard InChI is InChI=1S/C17H22N4O2/c22-15(12-14-4-2-1-3-5-14)13-19-16-6-7-18-17(20-16)21-8-10-23-11-9-21/h1-7,15,22H,8-13H2,(H,18,19,20)/t15-/m1/s1. The second-order valence-corrected chi connectivity index (χ2v) is 5.57. The van der Waals surface area contributed by atoms with Gasteiger partial charge in [-0.15, -0.1) is 0 Å². The van der Waals surface area contributed by atoms with Crippen LogP contribution in [0.15, 0.2) is 42.6 Å². The van der Waals surface area contributed by atoms with Crippen LogP contribution in [0.3, 0.4) is 0 Å². The van der Waals surface area contributed by atoms with Gasteiger partial charge in [0.15, 0.2) is 0 Å². The van der Waals surface area contributed by atoms with Crippen LogP contribution < -0.4 is 10.2 Å². The minimum Gasteiger partial charge on any atom is -0.391 e. The Bertz CT molecular complexity index is 603. The van der Waals surface area contributed by atoms with Crippen molar-refractivity contribution >= 4 is 11.8 Å². The van der Waals surface area contributed by atoms with Crippen LogP contribution in [0.25, 0.3) is 0 Å². The number of nitrogens with zero attached hydrogens (tertiary/aromatic N) is 3. The zero-order valence-electron chi connectivity index (χ0n) is 13.1. The lowest BCUT2D eigenvalue weighted by molar-refractivity contribution is 0.122. The SMILES string of the molecule is O[C@@H](CNc1ccnc(N2CCOCC2)n1)Cc1ccccc1. The topological polar surface area (TPSA) is 70.5 Å². The molecule has 122 valence electrons. The molecule has 2 heterocycles. The van der Waals surface area contributed by atoms with Crippen molar-refractivity contribution in [2.45, 2.75) is 12.5 Å². The van der Waals surface area contributed by atoms with Gasteiger partial charge in [-0.25, -0.2) is 4.98 Å². The lowest BCUT2D eigenvalue weighted by Gasteiger charge is -2.26. The molecule has 3 rings (SSSR count). The normalized spacial score (nSPS) is 16.1. The van der Waals surface area contributed by atoms with E-state index in [4.69, 9.17) is 4.74 Å². The fourth-order valence-electron chi connectivity index (χ4n) is 2.54. The molecule has 1 fully saturated rings. The number of hydrogen-bond acceptors (Lipinski definition) is 6. The van der Waals surface area contributed by atoms with Gasteiger partial charge >= 0.3 is 0 Å². The van der Waals surface area contributed by atoms with E-state index < -0.39 is 6.10 Å². The molecule has 6 heteroatoms. The molecular weight excluding hydrogens is 292 g/mol. The summed E-state index contributed by atoms with van der Waals surface area (Å²) in [6.07, 6.45) is 1.90. The van der Waals surface area contributed by atoms with Crippen LogP contribution in [0.2, 0.25) is 0 Å². The fourth-order valence-corrected chi connectivity index (χ4v) is 2.54. The zero-order chi connectivity index (χ0) is 15.9. The molecule has 1 atom stereocenters. The van der Waals surface area contributed by atoms with Crippen molar-refractivity contribution in [3.8, 4) is 0 Å². The van der Waals surface area contributed by atoms with Crippen LogP contribution in [0.5, 0.6) is 0 Å². The molecular formula is C17H22N4O2. The van der Waals surface area contributed by atoms with Crippen LogP contribution in [0.4, 0.5) is 11.8 Å². The summed E-state index contributed by atoms with van der Waals surface area (Å²) in [5, 5.41) is 13.3. The first-order valence-electron chi connectivity index (χ1n) is 7.93. The van der Waals surface area contributed by atoms with Crippen molar-refractivity contribution in [2.24, 2.45) is 0 Å². The summed E-state index contributed by atoms with van der Waals surface area (Å²) in [6, 6.07) is 11.8. The van der Waals surface area contributed by atoms with Gasteiger partial charge in [-0.1, -0.05) is 30.3 Å². The average Bonchev–Trinajstić information content (AvgIpc) is 2.62. The van der Waals surface area contributed by atoms with Gasteiger partial charge in [-0.05, 0) is 11.6 Å². The van der Waals surface area contributed by atoms with E-state index in [2.05, 4.69) is 20.2 Å².